The maximum Gasteiger partial charge on any atom is 0.355 e. The number of aromatic amines is 1. The SMILES string of the molecule is COc1cc([C@H]2CC(=O)c3c([nH]c(C(=O)OCCOc4ccccc4)c3C)C2)cc(OC)c1OC. The number of methoxy groups -OCH3 is 3. The summed E-state index contributed by atoms with van der Waals surface area (Å²) in [4.78, 5) is 29.0. The van der Waals surface area contributed by atoms with Gasteiger partial charge in [-0.15, -0.1) is 0 Å². The van der Waals surface area contributed by atoms with E-state index < -0.39 is 5.97 Å². The molecule has 0 bridgehead atoms. The van der Waals surface area contributed by atoms with Gasteiger partial charge in [-0.2, -0.15) is 0 Å². The van der Waals surface area contributed by atoms with E-state index in [9.17, 15) is 9.59 Å². The van der Waals surface area contributed by atoms with E-state index in [0.29, 0.717) is 52.7 Å². The summed E-state index contributed by atoms with van der Waals surface area (Å²) in [5.41, 5.74) is 3.11. The zero-order chi connectivity index (χ0) is 24.9. The van der Waals surface area contributed by atoms with Gasteiger partial charge in [0.2, 0.25) is 5.75 Å². The van der Waals surface area contributed by atoms with Gasteiger partial charge in [-0.1, -0.05) is 18.2 Å². The van der Waals surface area contributed by atoms with E-state index in [0.717, 1.165) is 11.3 Å². The number of carbonyl (C=O) groups excluding carboxylic acids is 2. The molecule has 0 unspecified atom stereocenters. The van der Waals surface area contributed by atoms with Crippen LogP contribution >= 0.6 is 0 Å². The highest BCUT2D eigenvalue weighted by molar-refractivity contribution is 6.03. The van der Waals surface area contributed by atoms with Crippen molar-refractivity contribution in [1.82, 2.24) is 4.98 Å². The third-order valence-corrected chi connectivity index (χ3v) is 6.18. The number of para-hydroxylation sites is 1. The summed E-state index contributed by atoms with van der Waals surface area (Å²) in [6.45, 7) is 2.10. The number of ether oxygens (including phenoxy) is 5. The quantitative estimate of drug-likeness (QED) is 0.357. The molecule has 0 saturated heterocycles. The second kappa shape index (κ2) is 10.5. The molecule has 0 amide bonds. The van der Waals surface area contributed by atoms with Crippen LogP contribution < -0.4 is 18.9 Å². The van der Waals surface area contributed by atoms with E-state index in [2.05, 4.69) is 4.98 Å². The minimum absolute atomic E-state index is 0.0230. The molecule has 35 heavy (non-hydrogen) atoms. The molecule has 2 aromatic carbocycles. The number of Topliss-reactive ketones (excluding diaryl/α,β-unsaturated/α-hetero) is 1. The van der Waals surface area contributed by atoms with E-state index in [1.54, 1.807) is 28.3 Å². The number of nitrogens with one attached hydrogen (secondary N) is 1. The van der Waals surface area contributed by atoms with Crippen molar-refractivity contribution < 1.29 is 33.3 Å². The second-order valence-corrected chi connectivity index (χ2v) is 8.26. The number of H-pyrrole nitrogens is 1. The molecule has 1 aromatic heterocycles. The van der Waals surface area contributed by atoms with E-state index >= 15 is 0 Å². The highest BCUT2D eigenvalue weighted by Crippen LogP contribution is 2.43. The minimum Gasteiger partial charge on any atom is -0.493 e. The first kappa shape index (κ1) is 24.2. The molecule has 8 nitrogen and oxygen atoms in total. The molecule has 1 heterocycles. The van der Waals surface area contributed by atoms with E-state index in [1.807, 2.05) is 42.5 Å². The van der Waals surface area contributed by atoms with Crippen LogP contribution in [-0.2, 0) is 11.2 Å². The number of carbonyl (C=O) groups is 2. The lowest BCUT2D eigenvalue weighted by Gasteiger charge is -2.24. The number of ketones is 1. The summed E-state index contributed by atoms with van der Waals surface area (Å²) in [6, 6.07) is 13.0. The Morgan fingerprint density at radius 3 is 2.29 bits per heavy atom. The molecule has 1 atom stereocenters. The third kappa shape index (κ3) is 4.96. The smallest absolute Gasteiger partial charge is 0.355 e. The van der Waals surface area contributed by atoms with Crippen molar-refractivity contribution in [3.8, 4) is 23.0 Å². The first-order chi connectivity index (χ1) is 17.0. The van der Waals surface area contributed by atoms with Crippen molar-refractivity contribution in [3.05, 3.63) is 70.5 Å². The molecule has 0 fully saturated rings. The highest BCUT2D eigenvalue weighted by Gasteiger charge is 2.33. The number of rotatable bonds is 9. The molecule has 8 heteroatoms. The summed E-state index contributed by atoms with van der Waals surface area (Å²) in [6.07, 6.45) is 0.870. The van der Waals surface area contributed by atoms with Gasteiger partial charge >= 0.3 is 5.97 Å². The van der Waals surface area contributed by atoms with Crippen LogP contribution in [0.1, 0.15) is 50.0 Å². The van der Waals surface area contributed by atoms with E-state index in [-0.39, 0.29) is 24.9 Å². The minimum atomic E-state index is -0.509. The molecular weight excluding hydrogens is 450 g/mol. The lowest BCUT2D eigenvalue weighted by Crippen LogP contribution is -2.19. The average Bonchev–Trinajstić information content (AvgIpc) is 3.22. The Hall–Kier alpha value is -3.94. The van der Waals surface area contributed by atoms with Gasteiger partial charge in [-0.25, -0.2) is 4.79 Å². The predicted molar refractivity (Wildman–Crippen MR) is 129 cm³/mol. The zero-order valence-corrected chi connectivity index (χ0v) is 20.3. The van der Waals surface area contributed by atoms with Crippen LogP contribution in [0.5, 0.6) is 23.0 Å². The molecule has 184 valence electrons. The molecule has 0 spiro atoms. The van der Waals surface area contributed by atoms with E-state index in [1.165, 1.54) is 0 Å². The van der Waals surface area contributed by atoms with Crippen LogP contribution in [0, 0.1) is 6.92 Å². The summed E-state index contributed by atoms with van der Waals surface area (Å²) < 4.78 is 27.3. The summed E-state index contributed by atoms with van der Waals surface area (Å²) >= 11 is 0. The van der Waals surface area contributed by atoms with Gasteiger partial charge in [-0.05, 0) is 54.7 Å². The topological polar surface area (TPSA) is 96.1 Å². The molecule has 1 aliphatic carbocycles. The molecule has 4 rings (SSSR count). The first-order valence-electron chi connectivity index (χ1n) is 11.4. The van der Waals surface area contributed by atoms with Crippen molar-refractivity contribution in [1.29, 1.82) is 0 Å². The maximum atomic E-state index is 13.1. The lowest BCUT2D eigenvalue weighted by molar-refractivity contribution is 0.0443. The molecule has 0 saturated carbocycles. The highest BCUT2D eigenvalue weighted by atomic mass is 16.6. The number of hydrogen-bond acceptors (Lipinski definition) is 7. The van der Waals surface area contributed by atoms with Crippen molar-refractivity contribution in [2.75, 3.05) is 34.5 Å². The van der Waals surface area contributed by atoms with Crippen LogP contribution in [-0.4, -0.2) is 51.3 Å². The predicted octanol–water partition coefficient (Wildman–Crippen LogP) is 4.50. The van der Waals surface area contributed by atoms with Gasteiger partial charge in [0.25, 0.3) is 0 Å². The fraction of sp³-hybridized carbons (Fsp3) is 0.333. The van der Waals surface area contributed by atoms with Crippen LogP contribution in [0.4, 0.5) is 0 Å². The average molecular weight is 480 g/mol. The number of benzene rings is 2. The van der Waals surface area contributed by atoms with Gasteiger partial charge in [0.15, 0.2) is 17.3 Å². The summed E-state index contributed by atoms with van der Waals surface area (Å²) in [5.74, 6) is 1.63. The zero-order valence-electron chi connectivity index (χ0n) is 20.3. The van der Waals surface area contributed by atoms with Crippen LogP contribution in [0.3, 0.4) is 0 Å². The first-order valence-corrected chi connectivity index (χ1v) is 11.4. The Labute approximate surface area is 204 Å². The van der Waals surface area contributed by atoms with Gasteiger partial charge in [0, 0.05) is 17.7 Å². The van der Waals surface area contributed by atoms with Crippen LogP contribution in [0.25, 0.3) is 0 Å². The standard InChI is InChI=1S/C27H29NO7/c1-16-24-20(28-25(16)27(30)35-11-10-34-19-8-6-5-7-9-19)12-17(13-21(24)29)18-14-22(31-2)26(33-4)23(15-18)32-3/h5-9,14-15,17,28H,10-13H2,1-4H3/t17-/m1/s1. The Morgan fingerprint density at radius 1 is 0.971 bits per heavy atom. The lowest BCUT2D eigenvalue weighted by atomic mass is 9.81. The van der Waals surface area contributed by atoms with Crippen molar-refractivity contribution in [2.45, 2.75) is 25.7 Å². The molecule has 3 aromatic rings. The fourth-order valence-electron chi connectivity index (χ4n) is 4.49. The van der Waals surface area contributed by atoms with Gasteiger partial charge in [0.1, 0.15) is 24.7 Å². The number of esters is 1. The normalized spacial score (nSPS) is 14.7. The summed E-state index contributed by atoms with van der Waals surface area (Å²) in [5, 5.41) is 0. The van der Waals surface area contributed by atoms with E-state index in [4.69, 9.17) is 23.7 Å². The number of fused-ring (bicyclic) bond motifs is 1. The van der Waals surface area contributed by atoms with Gasteiger partial charge < -0.3 is 28.7 Å². The molecule has 1 aliphatic rings. The molecular formula is C27H29NO7. The van der Waals surface area contributed by atoms with Crippen LogP contribution in [0.15, 0.2) is 42.5 Å². The van der Waals surface area contributed by atoms with Crippen molar-refractivity contribution in [2.24, 2.45) is 0 Å². The third-order valence-electron chi connectivity index (χ3n) is 6.18. The monoisotopic (exact) mass is 479 g/mol. The molecule has 1 N–H and O–H groups in total. The Balaban J connectivity index is 1.49. The van der Waals surface area contributed by atoms with Crippen LogP contribution in [0.2, 0.25) is 0 Å². The Morgan fingerprint density at radius 2 is 1.66 bits per heavy atom. The fourth-order valence-corrected chi connectivity index (χ4v) is 4.49. The summed E-state index contributed by atoms with van der Waals surface area (Å²) in [7, 11) is 4.66. The number of hydrogen-bond donors (Lipinski definition) is 1. The van der Waals surface area contributed by atoms with Gasteiger partial charge in [0.05, 0.1) is 21.3 Å². The second-order valence-electron chi connectivity index (χ2n) is 8.26. The van der Waals surface area contributed by atoms with Crippen molar-refractivity contribution >= 4 is 11.8 Å². The van der Waals surface area contributed by atoms with Gasteiger partial charge in [-0.3, -0.25) is 4.79 Å². The Kier molecular flexibility index (Phi) is 7.29. The maximum absolute atomic E-state index is 13.1. The largest absolute Gasteiger partial charge is 0.493 e. The molecule has 0 radical (unpaired) electrons. The van der Waals surface area contributed by atoms with Crippen molar-refractivity contribution in [3.63, 3.8) is 0 Å². The number of aromatic nitrogens is 1. The Bertz CT molecular complexity index is 1190. The molecule has 0 aliphatic heterocycles.